The molecule has 1 aliphatic heterocycles. The van der Waals surface area contributed by atoms with E-state index in [0.29, 0.717) is 0 Å². The summed E-state index contributed by atoms with van der Waals surface area (Å²) < 4.78 is 9.45. The molecule has 6 atom stereocenters. The molecule has 0 radical (unpaired) electrons. The van der Waals surface area contributed by atoms with E-state index in [0.717, 1.165) is 14.0 Å². The van der Waals surface area contributed by atoms with Crippen molar-refractivity contribution in [2.24, 2.45) is 0 Å². The van der Waals surface area contributed by atoms with Gasteiger partial charge in [-0.3, -0.25) is 4.79 Å². The predicted molar refractivity (Wildman–Crippen MR) is 72.8 cm³/mol. The summed E-state index contributed by atoms with van der Waals surface area (Å²) in [5.41, 5.74) is 0. The van der Waals surface area contributed by atoms with E-state index in [4.69, 9.17) is 9.84 Å². The van der Waals surface area contributed by atoms with Gasteiger partial charge in [-0.25, -0.2) is 4.79 Å². The van der Waals surface area contributed by atoms with Crippen molar-refractivity contribution in [3.63, 3.8) is 0 Å². The first-order valence-corrected chi connectivity index (χ1v) is 6.57. The number of nitrogens with one attached hydrogen (secondary N) is 1. The lowest BCUT2D eigenvalue weighted by atomic mass is 9.88. The van der Waals surface area contributed by atoms with Crippen molar-refractivity contribution >= 4 is 11.9 Å². The Kier molecular flexibility index (Phi) is 8.00. The van der Waals surface area contributed by atoms with Crippen LogP contribution < -0.4 is 5.32 Å². The van der Waals surface area contributed by atoms with Gasteiger partial charge in [-0.1, -0.05) is 0 Å². The van der Waals surface area contributed by atoms with Crippen LogP contribution in [-0.2, 0) is 19.1 Å². The minimum atomic E-state index is -2.55. The summed E-state index contributed by atoms with van der Waals surface area (Å²) in [4.78, 5) is 22.8. The first-order chi connectivity index (χ1) is 10.2. The highest BCUT2D eigenvalue weighted by Crippen LogP contribution is 2.31. The Bertz CT molecular complexity index is 419. The third kappa shape index (κ3) is 4.81. The topological polar surface area (TPSA) is 197 Å². The maximum Gasteiger partial charge on any atom is 0.366 e. The van der Waals surface area contributed by atoms with Crippen molar-refractivity contribution in [2.45, 2.75) is 49.6 Å². The third-order valence-corrected chi connectivity index (χ3v) is 3.38. The highest BCUT2D eigenvalue weighted by Gasteiger charge is 2.54. The molecule has 0 aromatic rings. The van der Waals surface area contributed by atoms with Gasteiger partial charge in [0.2, 0.25) is 5.91 Å². The van der Waals surface area contributed by atoms with Crippen LogP contribution in [0, 0.1) is 0 Å². The van der Waals surface area contributed by atoms with Crippen LogP contribution in [0.25, 0.3) is 0 Å². The summed E-state index contributed by atoms with van der Waals surface area (Å²) in [7, 11) is 0.990. The molecule has 0 aliphatic carbocycles. The zero-order chi connectivity index (χ0) is 17.1. The summed E-state index contributed by atoms with van der Waals surface area (Å²) in [6.45, 7) is 0.320. The fourth-order valence-corrected chi connectivity index (χ4v) is 2.29. The van der Waals surface area contributed by atoms with Crippen LogP contribution in [0.4, 0.5) is 0 Å². The smallest absolute Gasteiger partial charge is 0.366 e. The maximum atomic E-state index is 11.6. The Hall–Kier alpha value is -1.34. The SMILES string of the molecule is COC(=O)C1(O)CC(O)C(NC(C)=O)C(C(O)C(O)CO)O1.O. The minimum Gasteiger partial charge on any atom is -0.465 e. The molecular weight excluding hydrogens is 318 g/mol. The van der Waals surface area contributed by atoms with Crippen LogP contribution in [0.3, 0.4) is 0 Å². The molecule has 1 amide bonds. The van der Waals surface area contributed by atoms with Crippen LogP contribution in [0.1, 0.15) is 13.3 Å². The molecule has 23 heavy (non-hydrogen) atoms. The molecule has 6 unspecified atom stereocenters. The Labute approximate surface area is 131 Å². The van der Waals surface area contributed by atoms with Gasteiger partial charge in [-0.15, -0.1) is 0 Å². The van der Waals surface area contributed by atoms with Gasteiger partial charge < -0.3 is 45.8 Å². The number of hydrogen-bond donors (Lipinski definition) is 6. The molecule has 1 aliphatic rings. The van der Waals surface area contributed by atoms with Crippen LogP contribution in [0.2, 0.25) is 0 Å². The second-order valence-electron chi connectivity index (χ2n) is 5.10. The summed E-state index contributed by atoms with van der Waals surface area (Å²) in [5, 5.41) is 50.8. The average Bonchev–Trinajstić information content (AvgIpc) is 2.46. The van der Waals surface area contributed by atoms with Crippen molar-refractivity contribution in [3.8, 4) is 0 Å². The van der Waals surface area contributed by atoms with Crippen molar-refractivity contribution in [2.75, 3.05) is 13.7 Å². The van der Waals surface area contributed by atoms with E-state index in [-0.39, 0.29) is 5.48 Å². The molecule has 8 N–H and O–H groups in total. The first kappa shape index (κ1) is 21.7. The second-order valence-corrected chi connectivity index (χ2v) is 5.10. The molecule has 1 fully saturated rings. The molecule has 11 heteroatoms. The molecule has 11 nitrogen and oxygen atoms in total. The molecule has 0 spiro atoms. The van der Waals surface area contributed by atoms with Gasteiger partial charge in [-0.05, 0) is 0 Å². The van der Waals surface area contributed by atoms with E-state index < -0.39 is 61.1 Å². The second kappa shape index (κ2) is 8.49. The standard InChI is InChI=1S/C12H21NO9.H2O/c1-5(15)13-8-6(16)3-12(20,11(19)21-2)22-10(8)9(18)7(17)4-14;/h6-10,14,16-18,20H,3-4H2,1-2H3,(H,13,15);1H2. The predicted octanol–water partition coefficient (Wildman–Crippen LogP) is -4.61. The Morgan fingerprint density at radius 2 is 2.00 bits per heavy atom. The lowest BCUT2D eigenvalue weighted by molar-refractivity contribution is -0.296. The number of ether oxygens (including phenoxy) is 2. The lowest BCUT2D eigenvalue weighted by Crippen LogP contribution is -2.67. The van der Waals surface area contributed by atoms with E-state index >= 15 is 0 Å². The normalized spacial score (nSPS) is 33.1. The van der Waals surface area contributed by atoms with E-state index in [2.05, 4.69) is 10.1 Å². The number of aliphatic hydroxyl groups excluding tert-OH is 4. The summed E-state index contributed by atoms with van der Waals surface area (Å²) in [6, 6.07) is -1.21. The van der Waals surface area contributed by atoms with Gasteiger partial charge >= 0.3 is 5.97 Å². The van der Waals surface area contributed by atoms with Gasteiger partial charge in [0.05, 0.1) is 25.9 Å². The number of aliphatic hydroxyl groups is 5. The quantitative estimate of drug-likeness (QED) is 0.266. The number of carbonyl (C=O) groups excluding carboxylic acids is 2. The zero-order valence-electron chi connectivity index (χ0n) is 12.7. The van der Waals surface area contributed by atoms with Crippen LogP contribution in [0.5, 0.6) is 0 Å². The molecule has 136 valence electrons. The molecule has 1 heterocycles. The molecule has 1 rings (SSSR count). The van der Waals surface area contributed by atoms with Crippen LogP contribution >= 0.6 is 0 Å². The van der Waals surface area contributed by atoms with Crippen LogP contribution in [-0.4, -0.2) is 92.8 Å². The monoisotopic (exact) mass is 341 g/mol. The molecule has 0 saturated carbocycles. The molecule has 0 aromatic carbocycles. The molecule has 0 aromatic heterocycles. The van der Waals surface area contributed by atoms with E-state index in [1.165, 1.54) is 0 Å². The van der Waals surface area contributed by atoms with Crippen LogP contribution in [0.15, 0.2) is 0 Å². The maximum absolute atomic E-state index is 11.6. The van der Waals surface area contributed by atoms with Gasteiger partial charge in [0, 0.05) is 13.3 Å². The van der Waals surface area contributed by atoms with Gasteiger partial charge in [-0.2, -0.15) is 0 Å². The fourth-order valence-electron chi connectivity index (χ4n) is 2.29. The van der Waals surface area contributed by atoms with E-state index in [9.17, 15) is 30.0 Å². The number of methoxy groups -OCH3 is 1. The zero-order valence-corrected chi connectivity index (χ0v) is 12.7. The first-order valence-electron chi connectivity index (χ1n) is 6.57. The van der Waals surface area contributed by atoms with Crippen molar-refractivity contribution in [1.82, 2.24) is 5.32 Å². The Balaban J connectivity index is 0.00000484. The average molecular weight is 341 g/mol. The Morgan fingerprint density at radius 3 is 2.43 bits per heavy atom. The molecule has 1 saturated heterocycles. The summed E-state index contributed by atoms with van der Waals surface area (Å²) in [6.07, 6.45) is -7.09. The lowest BCUT2D eigenvalue weighted by Gasteiger charge is -2.45. The van der Waals surface area contributed by atoms with Crippen molar-refractivity contribution in [3.05, 3.63) is 0 Å². The number of carbonyl (C=O) groups is 2. The number of hydrogen-bond acceptors (Lipinski definition) is 9. The molecule has 0 bridgehead atoms. The largest absolute Gasteiger partial charge is 0.465 e. The van der Waals surface area contributed by atoms with Gasteiger partial charge in [0.1, 0.15) is 18.3 Å². The molecular formula is C12H23NO10. The van der Waals surface area contributed by atoms with Gasteiger partial charge in [0.15, 0.2) is 0 Å². The minimum absolute atomic E-state index is 0. The van der Waals surface area contributed by atoms with E-state index in [1.807, 2.05) is 0 Å². The highest BCUT2D eigenvalue weighted by atomic mass is 16.7. The summed E-state index contributed by atoms with van der Waals surface area (Å²) in [5.74, 6) is -4.32. The van der Waals surface area contributed by atoms with E-state index in [1.54, 1.807) is 0 Å². The highest BCUT2D eigenvalue weighted by molar-refractivity contribution is 5.78. The van der Waals surface area contributed by atoms with Crippen molar-refractivity contribution in [1.29, 1.82) is 0 Å². The fraction of sp³-hybridized carbons (Fsp3) is 0.833. The van der Waals surface area contributed by atoms with Gasteiger partial charge in [0.25, 0.3) is 5.79 Å². The number of esters is 1. The van der Waals surface area contributed by atoms with Crippen molar-refractivity contribution < 1.29 is 50.1 Å². The third-order valence-electron chi connectivity index (χ3n) is 3.38. The Morgan fingerprint density at radius 1 is 1.43 bits per heavy atom. The number of amides is 1. The summed E-state index contributed by atoms with van der Waals surface area (Å²) >= 11 is 0. The number of rotatable bonds is 5.